The molecule has 0 aliphatic rings. The number of halogens is 4. The summed E-state index contributed by atoms with van der Waals surface area (Å²) >= 11 is 0. The zero-order valence-corrected chi connectivity index (χ0v) is 14.1. The molecule has 0 aliphatic heterocycles. The van der Waals surface area contributed by atoms with Crippen LogP contribution in [0.5, 0.6) is 0 Å². The molecule has 1 heterocycles. The fourth-order valence-electron chi connectivity index (χ4n) is 2.44. The van der Waals surface area contributed by atoms with Crippen LogP contribution >= 0.6 is 0 Å². The first-order chi connectivity index (χ1) is 12.1. The van der Waals surface area contributed by atoms with Crippen LogP contribution in [-0.2, 0) is 9.84 Å². The molecule has 2 aromatic carbocycles. The van der Waals surface area contributed by atoms with Crippen molar-refractivity contribution < 1.29 is 26.0 Å². The Labute approximate surface area is 146 Å². The van der Waals surface area contributed by atoms with E-state index in [-0.39, 0.29) is 5.69 Å². The van der Waals surface area contributed by atoms with Crippen LogP contribution in [0.25, 0.3) is 11.0 Å². The van der Waals surface area contributed by atoms with Crippen LogP contribution < -0.4 is 5.32 Å². The standard InChI is InChI=1S/C16H13F4N3O2S/c1-9(15-22-11-4-2-3-5-12(11)23-15)21-13-7-6-10(17)8-14(13)26(24,25)16(18,19)20/h2-9,21H,1H3,(H,22,23). The summed E-state index contributed by atoms with van der Waals surface area (Å²) in [5.41, 5.74) is -4.53. The Bertz CT molecular complexity index is 1030. The first-order valence-corrected chi connectivity index (χ1v) is 8.90. The van der Waals surface area contributed by atoms with E-state index in [1.165, 1.54) is 0 Å². The largest absolute Gasteiger partial charge is 0.501 e. The lowest BCUT2D eigenvalue weighted by atomic mass is 10.2. The number of nitrogens with zero attached hydrogens (tertiary/aromatic N) is 1. The third-order valence-corrected chi connectivity index (χ3v) is 5.25. The summed E-state index contributed by atoms with van der Waals surface area (Å²) in [6.07, 6.45) is 0. The van der Waals surface area contributed by atoms with Crippen LogP contribution in [0.4, 0.5) is 23.2 Å². The van der Waals surface area contributed by atoms with Crippen molar-refractivity contribution in [1.82, 2.24) is 9.97 Å². The van der Waals surface area contributed by atoms with Gasteiger partial charge in [0.25, 0.3) is 9.84 Å². The molecule has 0 fully saturated rings. The molecule has 10 heteroatoms. The molecule has 0 amide bonds. The third-order valence-electron chi connectivity index (χ3n) is 3.73. The quantitative estimate of drug-likeness (QED) is 0.659. The summed E-state index contributed by atoms with van der Waals surface area (Å²) in [5, 5.41) is 2.65. The molecule has 3 aromatic rings. The van der Waals surface area contributed by atoms with E-state index in [1.54, 1.807) is 31.2 Å². The van der Waals surface area contributed by atoms with E-state index in [2.05, 4.69) is 15.3 Å². The first-order valence-electron chi connectivity index (χ1n) is 7.41. The summed E-state index contributed by atoms with van der Waals surface area (Å²) in [5.74, 6) is -0.694. The van der Waals surface area contributed by atoms with Crippen LogP contribution in [-0.4, -0.2) is 23.9 Å². The summed E-state index contributed by atoms with van der Waals surface area (Å²) in [4.78, 5) is 6.13. The van der Waals surface area contributed by atoms with Crippen LogP contribution in [0.2, 0.25) is 0 Å². The van der Waals surface area contributed by atoms with Crippen LogP contribution in [0.15, 0.2) is 47.4 Å². The first kappa shape index (κ1) is 18.2. The minimum atomic E-state index is -5.72. The van der Waals surface area contributed by atoms with E-state index in [4.69, 9.17) is 0 Å². The molecule has 0 spiro atoms. The third kappa shape index (κ3) is 3.24. The molecular formula is C16H13F4N3O2S. The number of hydrogen-bond acceptors (Lipinski definition) is 4. The van der Waals surface area contributed by atoms with Crippen molar-refractivity contribution in [3.8, 4) is 0 Å². The molecule has 138 valence electrons. The smallest absolute Gasteiger partial charge is 0.374 e. The van der Waals surface area contributed by atoms with Crippen LogP contribution in [0.3, 0.4) is 0 Å². The Hall–Kier alpha value is -2.62. The highest BCUT2D eigenvalue weighted by Gasteiger charge is 2.48. The number of nitrogens with one attached hydrogen (secondary N) is 2. The Morgan fingerprint density at radius 2 is 1.85 bits per heavy atom. The number of benzene rings is 2. The van der Waals surface area contributed by atoms with E-state index in [0.29, 0.717) is 17.4 Å². The Kier molecular flexibility index (Phi) is 4.39. The second kappa shape index (κ2) is 6.27. The maximum Gasteiger partial charge on any atom is 0.501 e. The summed E-state index contributed by atoms with van der Waals surface area (Å²) in [6.45, 7) is 1.59. The zero-order valence-electron chi connectivity index (χ0n) is 13.3. The monoisotopic (exact) mass is 387 g/mol. The number of hydrogen-bond donors (Lipinski definition) is 2. The Balaban J connectivity index is 1.99. The fourth-order valence-corrected chi connectivity index (χ4v) is 3.38. The van der Waals surface area contributed by atoms with Crippen LogP contribution in [0, 0.1) is 5.82 Å². The maximum absolute atomic E-state index is 13.4. The van der Waals surface area contributed by atoms with Crippen molar-refractivity contribution in [3.63, 3.8) is 0 Å². The topological polar surface area (TPSA) is 74.8 Å². The van der Waals surface area contributed by atoms with E-state index >= 15 is 0 Å². The van der Waals surface area contributed by atoms with Gasteiger partial charge >= 0.3 is 5.51 Å². The highest BCUT2D eigenvalue weighted by atomic mass is 32.2. The minimum absolute atomic E-state index is 0.344. The lowest BCUT2D eigenvalue weighted by molar-refractivity contribution is -0.0435. The van der Waals surface area contributed by atoms with E-state index < -0.39 is 32.1 Å². The Morgan fingerprint density at radius 3 is 2.50 bits per heavy atom. The van der Waals surface area contributed by atoms with Crippen molar-refractivity contribution in [2.24, 2.45) is 0 Å². The number of fused-ring (bicyclic) bond motifs is 1. The van der Waals surface area contributed by atoms with Crippen molar-refractivity contribution in [3.05, 3.63) is 54.1 Å². The molecule has 1 aromatic heterocycles. The summed E-state index contributed by atoms with van der Waals surface area (Å²) in [6, 6.07) is 8.60. The SMILES string of the molecule is CC(Nc1ccc(F)cc1S(=O)(=O)C(F)(F)F)c1nc2ccccc2[nH]1. The van der Waals surface area contributed by atoms with E-state index in [1.807, 2.05) is 0 Å². The molecule has 3 rings (SSSR count). The molecule has 2 N–H and O–H groups in total. The average Bonchev–Trinajstić information content (AvgIpc) is 2.99. The number of para-hydroxylation sites is 2. The number of anilines is 1. The van der Waals surface area contributed by atoms with Gasteiger partial charge in [-0.2, -0.15) is 13.2 Å². The fraction of sp³-hybridized carbons (Fsp3) is 0.188. The van der Waals surface area contributed by atoms with E-state index in [9.17, 15) is 26.0 Å². The minimum Gasteiger partial charge on any atom is -0.374 e. The van der Waals surface area contributed by atoms with Crippen LogP contribution in [0.1, 0.15) is 18.8 Å². The van der Waals surface area contributed by atoms with Crippen molar-refractivity contribution in [2.75, 3.05) is 5.32 Å². The predicted octanol–water partition coefficient (Wildman–Crippen LogP) is 4.17. The number of H-pyrrole nitrogens is 1. The van der Waals surface area contributed by atoms with Gasteiger partial charge in [0, 0.05) is 0 Å². The van der Waals surface area contributed by atoms with Gasteiger partial charge in [-0.15, -0.1) is 0 Å². The van der Waals surface area contributed by atoms with Gasteiger partial charge in [-0.25, -0.2) is 17.8 Å². The molecule has 1 unspecified atom stereocenters. The number of imidazole rings is 1. The van der Waals surface area contributed by atoms with Gasteiger partial charge in [0.15, 0.2) is 0 Å². The molecule has 0 bridgehead atoms. The summed E-state index contributed by atoms with van der Waals surface area (Å²) in [7, 11) is -5.72. The van der Waals surface area contributed by atoms with E-state index in [0.717, 1.165) is 17.6 Å². The second-order valence-electron chi connectivity index (χ2n) is 5.59. The van der Waals surface area contributed by atoms with Gasteiger partial charge < -0.3 is 10.3 Å². The molecule has 0 aliphatic carbocycles. The number of sulfone groups is 1. The Morgan fingerprint density at radius 1 is 1.15 bits per heavy atom. The molecule has 0 saturated carbocycles. The van der Waals surface area contributed by atoms with Gasteiger partial charge in [0.2, 0.25) is 0 Å². The van der Waals surface area contributed by atoms with Gasteiger partial charge in [-0.3, -0.25) is 0 Å². The molecular weight excluding hydrogens is 374 g/mol. The van der Waals surface area contributed by atoms with Crippen molar-refractivity contribution in [2.45, 2.75) is 23.4 Å². The molecule has 0 radical (unpaired) electrons. The van der Waals surface area contributed by atoms with Gasteiger partial charge in [0.1, 0.15) is 16.5 Å². The lowest BCUT2D eigenvalue weighted by Gasteiger charge is -2.17. The highest BCUT2D eigenvalue weighted by molar-refractivity contribution is 7.92. The van der Waals surface area contributed by atoms with Gasteiger partial charge in [-0.05, 0) is 37.3 Å². The molecule has 5 nitrogen and oxygen atoms in total. The van der Waals surface area contributed by atoms with Gasteiger partial charge in [0.05, 0.1) is 22.8 Å². The maximum atomic E-state index is 13.4. The molecule has 1 atom stereocenters. The second-order valence-corrected chi connectivity index (χ2v) is 7.50. The van der Waals surface area contributed by atoms with Crippen molar-refractivity contribution in [1.29, 1.82) is 0 Å². The summed E-state index contributed by atoms with van der Waals surface area (Å²) < 4.78 is 75.5. The number of alkyl halides is 3. The number of rotatable bonds is 4. The lowest BCUT2D eigenvalue weighted by Crippen LogP contribution is -2.25. The average molecular weight is 387 g/mol. The molecule has 0 saturated heterocycles. The number of aromatic nitrogens is 2. The zero-order chi connectivity index (χ0) is 19.1. The number of aromatic amines is 1. The predicted molar refractivity (Wildman–Crippen MR) is 87.8 cm³/mol. The van der Waals surface area contributed by atoms with Gasteiger partial charge in [-0.1, -0.05) is 12.1 Å². The van der Waals surface area contributed by atoms with Crippen molar-refractivity contribution >= 4 is 26.6 Å². The normalized spacial score (nSPS) is 13.7. The molecule has 26 heavy (non-hydrogen) atoms. The highest BCUT2D eigenvalue weighted by Crippen LogP contribution is 2.36.